The van der Waals surface area contributed by atoms with Crippen molar-refractivity contribution in [1.29, 1.82) is 0 Å². The minimum absolute atomic E-state index is 0.407. The van der Waals surface area contributed by atoms with Crippen molar-refractivity contribution in [3.8, 4) is 0 Å². The van der Waals surface area contributed by atoms with Gasteiger partial charge in [-0.15, -0.1) is 11.8 Å². The first kappa shape index (κ1) is 11.5. The second kappa shape index (κ2) is 4.91. The van der Waals surface area contributed by atoms with Crippen molar-refractivity contribution in [1.82, 2.24) is 9.55 Å². The Hall–Kier alpha value is -0.970. The molecule has 1 N–H and O–H groups in total. The van der Waals surface area contributed by atoms with Crippen molar-refractivity contribution in [2.24, 2.45) is 24.0 Å². The van der Waals surface area contributed by atoms with Crippen LogP contribution in [0.3, 0.4) is 0 Å². The molecule has 1 aromatic rings. The Kier molecular flexibility index (Phi) is 3.53. The van der Waals surface area contributed by atoms with Gasteiger partial charge in [0, 0.05) is 30.6 Å². The lowest BCUT2D eigenvalue weighted by molar-refractivity contribution is 0.313. The molecule has 1 saturated heterocycles. The minimum atomic E-state index is 0.407. The molecule has 0 spiro atoms. The maximum absolute atomic E-state index is 8.92. The summed E-state index contributed by atoms with van der Waals surface area (Å²) in [4.78, 5) is 4.13. The molecule has 88 valence electrons. The van der Waals surface area contributed by atoms with E-state index in [-0.39, 0.29) is 0 Å². The fourth-order valence-electron chi connectivity index (χ4n) is 2.28. The van der Waals surface area contributed by atoms with E-state index in [2.05, 4.69) is 21.6 Å². The summed E-state index contributed by atoms with van der Waals surface area (Å²) in [6, 6.07) is 0. The predicted molar refractivity (Wildman–Crippen MR) is 65.9 cm³/mol. The number of hydrogen-bond donors (Lipinski definition) is 1. The lowest BCUT2D eigenvalue weighted by Gasteiger charge is -2.16. The monoisotopic (exact) mass is 239 g/mol. The van der Waals surface area contributed by atoms with Gasteiger partial charge < -0.3 is 9.77 Å². The van der Waals surface area contributed by atoms with Gasteiger partial charge in [0.1, 0.15) is 5.04 Å². The van der Waals surface area contributed by atoms with Crippen molar-refractivity contribution < 1.29 is 5.21 Å². The van der Waals surface area contributed by atoms with Crippen molar-refractivity contribution in [3.05, 3.63) is 18.2 Å². The first-order chi connectivity index (χ1) is 7.76. The number of nitrogens with zero attached hydrogens (tertiary/aromatic N) is 3. The molecule has 0 amide bonds. The van der Waals surface area contributed by atoms with Gasteiger partial charge in [0.2, 0.25) is 0 Å². The number of oxime groups is 1. The van der Waals surface area contributed by atoms with Crippen molar-refractivity contribution in [3.63, 3.8) is 0 Å². The van der Waals surface area contributed by atoms with Crippen LogP contribution in [0, 0.1) is 11.8 Å². The molecular formula is C11H17N3OS. The Labute approximate surface area is 99.8 Å². The van der Waals surface area contributed by atoms with Gasteiger partial charge in [0.15, 0.2) is 0 Å². The Morgan fingerprint density at radius 2 is 2.50 bits per heavy atom. The van der Waals surface area contributed by atoms with E-state index in [1.165, 1.54) is 5.69 Å². The number of thioether (sulfide) groups is 1. The first-order valence-corrected chi connectivity index (χ1v) is 6.54. The van der Waals surface area contributed by atoms with E-state index in [0.717, 1.165) is 23.6 Å². The highest BCUT2D eigenvalue weighted by atomic mass is 32.2. The SMILES string of the molecule is CC[C@H]1/C(=N\O)SC[C@@H]1Cc1cncn1C. The average Bonchev–Trinajstić information content (AvgIpc) is 2.86. The van der Waals surface area contributed by atoms with Gasteiger partial charge in [-0.1, -0.05) is 12.1 Å². The molecule has 0 radical (unpaired) electrons. The Bertz CT molecular complexity index is 388. The Balaban J connectivity index is 2.09. The lowest BCUT2D eigenvalue weighted by Crippen LogP contribution is -2.18. The van der Waals surface area contributed by atoms with Crippen molar-refractivity contribution in [2.75, 3.05) is 5.75 Å². The number of aryl methyl sites for hydroxylation is 1. The zero-order chi connectivity index (χ0) is 11.5. The molecule has 0 saturated carbocycles. The fourth-order valence-corrected chi connectivity index (χ4v) is 3.65. The highest BCUT2D eigenvalue weighted by Crippen LogP contribution is 2.36. The predicted octanol–water partition coefficient (Wildman–Crippen LogP) is 2.14. The largest absolute Gasteiger partial charge is 0.410 e. The zero-order valence-electron chi connectivity index (χ0n) is 9.63. The highest BCUT2D eigenvalue weighted by molar-refractivity contribution is 8.14. The molecule has 0 bridgehead atoms. The summed E-state index contributed by atoms with van der Waals surface area (Å²) in [5.74, 6) is 2.02. The standard InChI is InChI=1S/C11H17N3OS/c1-3-10-8(6-16-11(10)13-15)4-9-5-12-7-14(9)2/h5,7-8,10,15H,3-4,6H2,1-2H3/b13-11+/t8-,10+/m0/s1. The zero-order valence-corrected chi connectivity index (χ0v) is 10.4. The molecular weight excluding hydrogens is 222 g/mol. The summed E-state index contributed by atoms with van der Waals surface area (Å²) >= 11 is 1.68. The quantitative estimate of drug-likeness (QED) is 0.649. The number of hydrogen-bond acceptors (Lipinski definition) is 4. The van der Waals surface area contributed by atoms with Gasteiger partial charge in [0.05, 0.1) is 6.33 Å². The third kappa shape index (κ3) is 2.09. The van der Waals surface area contributed by atoms with Crippen LogP contribution < -0.4 is 0 Å². The van der Waals surface area contributed by atoms with E-state index in [0.29, 0.717) is 11.8 Å². The van der Waals surface area contributed by atoms with E-state index >= 15 is 0 Å². The molecule has 0 aromatic carbocycles. The van der Waals surface area contributed by atoms with Crippen LogP contribution in [0.2, 0.25) is 0 Å². The Morgan fingerprint density at radius 3 is 3.06 bits per heavy atom. The van der Waals surface area contributed by atoms with Gasteiger partial charge in [-0.25, -0.2) is 4.98 Å². The average molecular weight is 239 g/mol. The van der Waals surface area contributed by atoms with Gasteiger partial charge in [0.25, 0.3) is 0 Å². The van der Waals surface area contributed by atoms with Gasteiger partial charge in [-0.05, 0) is 18.8 Å². The molecule has 2 atom stereocenters. The van der Waals surface area contributed by atoms with E-state index < -0.39 is 0 Å². The Morgan fingerprint density at radius 1 is 1.69 bits per heavy atom. The van der Waals surface area contributed by atoms with Crippen molar-refractivity contribution in [2.45, 2.75) is 19.8 Å². The molecule has 0 unspecified atom stereocenters. The van der Waals surface area contributed by atoms with Crippen LogP contribution in [0.25, 0.3) is 0 Å². The van der Waals surface area contributed by atoms with E-state index in [1.54, 1.807) is 11.8 Å². The van der Waals surface area contributed by atoms with Crippen LogP contribution in [0.15, 0.2) is 17.7 Å². The molecule has 0 aliphatic carbocycles. The summed E-state index contributed by atoms with van der Waals surface area (Å²) in [6.07, 6.45) is 5.81. The summed E-state index contributed by atoms with van der Waals surface area (Å²) < 4.78 is 2.06. The number of aromatic nitrogens is 2. The third-order valence-electron chi connectivity index (χ3n) is 3.26. The molecule has 2 heterocycles. The second-order valence-corrected chi connectivity index (χ2v) is 5.26. The van der Waals surface area contributed by atoms with Crippen molar-refractivity contribution >= 4 is 16.8 Å². The van der Waals surface area contributed by atoms with Gasteiger partial charge >= 0.3 is 0 Å². The maximum atomic E-state index is 8.92. The summed E-state index contributed by atoms with van der Waals surface area (Å²) in [7, 11) is 2.02. The molecule has 16 heavy (non-hydrogen) atoms. The third-order valence-corrected chi connectivity index (χ3v) is 4.53. The normalized spacial score (nSPS) is 27.8. The van der Waals surface area contributed by atoms with Crippen LogP contribution in [-0.2, 0) is 13.5 Å². The van der Waals surface area contributed by atoms with Gasteiger partial charge in [-0.2, -0.15) is 0 Å². The van der Waals surface area contributed by atoms with Crippen LogP contribution >= 0.6 is 11.8 Å². The molecule has 4 nitrogen and oxygen atoms in total. The first-order valence-electron chi connectivity index (χ1n) is 5.56. The summed E-state index contributed by atoms with van der Waals surface area (Å²) in [6.45, 7) is 2.15. The smallest absolute Gasteiger partial charge is 0.116 e. The van der Waals surface area contributed by atoms with Crippen LogP contribution in [0.4, 0.5) is 0 Å². The van der Waals surface area contributed by atoms with Crippen LogP contribution in [0.1, 0.15) is 19.0 Å². The topological polar surface area (TPSA) is 50.4 Å². The van der Waals surface area contributed by atoms with E-state index in [1.807, 2.05) is 19.6 Å². The summed E-state index contributed by atoms with van der Waals surface area (Å²) in [5, 5.41) is 13.2. The van der Waals surface area contributed by atoms with Crippen LogP contribution in [-0.4, -0.2) is 25.6 Å². The minimum Gasteiger partial charge on any atom is -0.410 e. The fraction of sp³-hybridized carbons (Fsp3) is 0.636. The highest BCUT2D eigenvalue weighted by Gasteiger charge is 2.33. The van der Waals surface area contributed by atoms with Gasteiger partial charge in [-0.3, -0.25) is 0 Å². The molecule has 1 aromatic heterocycles. The molecule has 5 heteroatoms. The van der Waals surface area contributed by atoms with E-state index in [9.17, 15) is 0 Å². The summed E-state index contributed by atoms with van der Waals surface area (Å²) in [5.41, 5.74) is 1.25. The maximum Gasteiger partial charge on any atom is 0.116 e. The van der Waals surface area contributed by atoms with E-state index in [4.69, 9.17) is 5.21 Å². The molecule has 1 fully saturated rings. The molecule has 2 rings (SSSR count). The van der Waals surface area contributed by atoms with Crippen LogP contribution in [0.5, 0.6) is 0 Å². The molecule has 1 aliphatic rings. The number of rotatable bonds is 3. The second-order valence-electron chi connectivity index (χ2n) is 4.22. The lowest BCUT2D eigenvalue weighted by atomic mass is 9.89. The molecule has 1 aliphatic heterocycles. The number of imidazole rings is 1.